The minimum Gasteiger partial charge on any atom is -0.466 e. The summed E-state index contributed by atoms with van der Waals surface area (Å²) in [4.78, 5) is 45.6. The zero-order chi connectivity index (χ0) is 15.7. The second kappa shape index (κ2) is 8.63. The van der Waals surface area contributed by atoms with Gasteiger partial charge in [0.25, 0.3) is 5.91 Å². The molecule has 0 bridgehead atoms. The fourth-order valence-corrected chi connectivity index (χ4v) is 1.80. The summed E-state index contributed by atoms with van der Waals surface area (Å²) in [6.07, 6.45) is 0.760. The van der Waals surface area contributed by atoms with Crippen LogP contribution in [0.3, 0.4) is 0 Å². The Morgan fingerprint density at radius 3 is 2.43 bits per heavy atom. The smallest absolute Gasteiger partial charge is 0.311 e. The van der Waals surface area contributed by atoms with Gasteiger partial charge in [0, 0.05) is 12.0 Å². The highest BCUT2D eigenvalue weighted by atomic mass is 16.5. The van der Waals surface area contributed by atoms with Crippen LogP contribution in [0.15, 0.2) is 30.3 Å². The van der Waals surface area contributed by atoms with Crippen LogP contribution in [-0.2, 0) is 19.1 Å². The predicted octanol–water partition coefficient (Wildman–Crippen LogP) is 0.752. The number of rotatable bonds is 8. The summed E-state index contributed by atoms with van der Waals surface area (Å²) in [7, 11) is 0. The molecule has 0 radical (unpaired) electrons. The average Bonchev–Trinajstić information content (AvgIpc) is 2.51. The molecule has 0 aliphatic carbocycles. The number of esters is 1. The molecular weight excluding hydrogens is 274 g/mol. The summed E-state index contributed by atoms with van der Waals surface area (Å²) in [5.41, 5.74) is 0.359. The largest absolute Gasteiger partial charge is 0.466 e. The van der Waals surface area contributed by atoms with Crippen molar-refractivity contribution in [2.45, 2.75) is 19.4 Å². The summed E-state index contributed by atoms with van der Waals surface area (Å²) < 4.78 is 4.82. The topological polar surface area (TPSA) is 89.5 Å². The van der Waals surface area contributed by atoms with Gasteiger partial charge in [0.1, 0.15) is 12.6 Å². The van der Waals surface area contributed by atoms with E-state index < -0.39 is 23.8 Å². The Morgan fingerprint density at radius 2 is 1.90 bits per heavy atom. The molecule has 6 heteroatoms. The molecule has 1 amide bonds. The summed E-state index contributed by atoms with van der Waals surface area (Å²) in [5, 5.41) is 2.44. The third-order valence-electron chi connectivity index (χ3n) is 2.85. The monoisotopic (exact) mass is 291 g/mol. The standard InChI is InChI=1S/C15H17NO5/c1-2-21-15(20)12(8-9-17)13(10-18)16-14(19)11-6-4-3-5-7-11/h3-7,9-10,12-13H,2,8H2,1H3,(H,16,19)/t12-,13+/m0/s1. The SMILES string of the molecule is CCOC(=O)[C@@H](CC=O)[C@@H](C=O)NC(=O)c1ccccc1. The molecule has 0 aromatic heterocycles. The predicted molar refractivity (Wildman–Crippen MR) is 74.6 cm³/mol. The number of ether oxygens (including phenoxy) is 1. The molecular formula is C15H17NO5. The Kier molecular flexibility index (Phi) is 6.80. The molecule has 1 aromatic carbocycles. The van der Waals surface area contributed by atoms with Crippen LogP contribution in [0.25, 0.3) is 0 Å². The van der Waals surface area contributed by atoms with E-state index in [1.165, 1.54) is 0 Å². The highest BCUT2D eigenvalue weighted by Gasteiger charge is 2.30. The summed E-state index contributed by atoms with van der Waals surface area (Å²) in [5.74, 6) is -2.20. The van der Waals surface area contributed by atoms with E-state index >= 15 is 0 Å². The van der Waals surface area contributed by atoms with Crippen LogP contribution in [-0.4, -0.2) is 37.1 Å². The number of carbonyl (C=O) groups is 4. The quantitative estimate of drug-likeness (QED) is 0.564. The van der Waals surface area contributed by atoms with Gasteiger partial charge in [0.2, 0.25) is 0 Å². The highest BCUT2D eigenvalue weighted by molar-refractivity contribution is 5.96. The number of nitrogens with one attached hydrogen (secondary N) is 1. The number of hydrogen-bond donors (Lipinski definition) is 1. The van der Waals surface area contributed by atoms with Gasteiger partial charge in [-0.3, -0.25) is 9.59 Å². The van der Waals surface area contributed by atoms with Crippen molar-refractivity contribution < 1.29 is 23.9 Å². The normalized spacial score (nSPS) is 12.8. The van der Waals surface area contributed by atoms with E-state index in [4.69, 9.17) is 4.74 Å². The van der Waals surface area contributed by atoms with Gasteiger partial charge in [0.15, 0.2) is 0 Å². The molecule has 1 rings (SSSR count). The molecule has 0 saturated carbocycles. The first kappa shape index (κ1) is 16.6. The molecule has 0 heterocycles. The van der Waals surface area contributed by atoms with Crippen LogP contribution in [0.2, 0.25) is 0 Å². The van der Waals surface area contributed by atoms with Crippen molar-refractivity contribution in [2.24, 2.45) is 5.92 Å². The van der Waals surface area contributed by atoms with Crippen molar-refractivity contribution in [1.29, 1.82) is 0 Å². The maximum absolute atomic E-state index is 12.0. The molecule has 112 valence electrons. The lowest BCUT2D eigenvalue weighted by Crippen LogP contribution is -2.45. The van der Waals surface area contributed by atoms with E-state index in [-0.39, 0.29) is 13.0 Å². The summed E-state index contributed by atoms with van der Waals surface area (Å²) in [6.45, 7) is 1.75. The fraction of sp³-hybridized carbons (Fsp3) is 0.333. The molecule has 6 nitrogen and oxygen atoms in total. The van der Waals surface area contributed by atoms with Gasteiger partial charge in [-0.05, 0) is 19.1 Å². The lowest BCUT2D eigenvalue weighted by atomic mass is 9.97. The van der Waals surface area contributed by atoms with Crippen molar-refractivity contribution in [3.8, 4) is 0 Å². The second-order valence-electron chi connectivity index (χ2n) is 4.26. The van der Waals surface area contributed by atoms with Crippen molar-refractivity contribution in [3.63, 3.8) is 0 Å². The van der Waals surface area contributed by atoms with Crippen LogP contribution < -0.4 is 5.32 Å². The van der Waals surface area contributed by atoms with Crippen LogP contribution in [0.4, 0.5) is 0 Å². The van der Waals surface area contributed by atoms with Crippen LogP contribution in [0.1, 0.15) is 23.7 Å². The van der Waals surface area contributed by atoms with Gasteiger partial charge < -0.3 is 19.6 Å². The Balaban J connectivity index is 2.83. The van der Waals surface area contributed by atoms with Crippen LogP contribution in [0, 0.1) is 5.92 Å². The zero-order valence-electron chi connectivity index (χ0n) is 11.7. The minimum atomic E-state index is -1.11. The molecule has 0 fully saturated rings. The summed E-state index contributed by atoms with van der Waals surface area (Å²) >= 11 is 0. The molecule has 0 unspecified atom stereocenters. The number of carbonyl (C=O) groups excluding carboxylic acids is 4. The molecule has 2 atom stereocenters. The van der Waals surface area contributed by atoms with Gasteiger partial charge >= 0.3 is 5.97 Å². The van der Waals surface area contributed by atoms with Crippen molar-refractivity contribution >= 4 is 24.4 Å². The molecule has 0 saturated heterocycles. The summed E-state index contributed by atoms with van der Waals surface area (Å²) in [6, 6.07) is 7.16. The van der Waals surface area contributed by atoms with E-state index in [1.807, 2.05) is 0 Å². The van der Waals surface area contributed by atoms with Crippen molar-refractivity contribution in [1.82, 2.24) is 5.32 Å². The van der Waals surface area contributed by atoms with E-state index in [0.29, 0.717) is 18.1 Å². The van der Waals surface area contributed by atoms with Gasteiger partial charge in [-0.1, -0.05) is 18.2 Å². The third kappa shape index (κ3) is 4.83. The molecule has 21 heavy (non-hydrogen) atoms. The Morgan fingerprint density at radius 1 is 1.24 bits per heavy atom. The number of benzene rings is 1. The second-order valence-corrected chi connectivity index (χ2v) is 4.26. The first-order chi connectivity index (χ1) is 10.1. The van der Waals surface area contributed by atoms with Crippen molar-refractivity contribution in [3.05, 3.63) is 35.9 Å². The highest BCUT2D eigenvalue weighted by Crippen LogP contribution is 2.10. The van der Waals surface area contributed by atoms with Gasteiger partial charge in [0.05, 0.1) is 18.6 Å². The van der Waals surface area contributed by atoms with Gasteiger partial charge in [-0.2, -0.15) is 0 Å². The lowest BCUT2D eigenvalue weighted by Gasteiger charge is -2.20. The molecule has 0 aliphatic rings. The van der Waals surface area contributed by atoms with Crippen LogP contribution in [0.5, 0.6) is 0 Å². The van der Waals surface area contributed by atoms with Crippen molar-refractivity contribution in [2.75, 3.05) is 6.61 Å². The van der Waals surface area contributed by atoms with E-state index in [1.54, 1.807) is 37.3 Å². The maximum Gasteiger partial charge on any atom is 0.311 e. The third-order valence-corrected chi connectivity index (χ3v) is 2.85. The maximum atomic E-state index is 12.0. The fourth-order valence-electron chi connectivity index (χ4n) is 1.80. The molecule has 0 aliphatic heterocycles. The molecule has 0 spiro atoms. The lowest BCUT2D eigenvalue weighted by molar-refractivity contribution is -0.150. The Hall–Kier alpha value is -2.50. The first-order valence-corrected chi connectivity index (χ1v) is 6.55. The van der Waals surface area contributed by atoms with E-state index in [9.17, 15) is 19.2 Å². The molecule has 1 N–H and O–H groups in total. The van der Waals surface area contributed by atoms with Gasteiger partial charge in [-0.25, -0.2) is 0 Å². The van der Waals surface area contributed by atoms with E-state index in [0.717, 1.165) is 0 Å². The average molecular weight is 291 g/mol. The first-order valence-electron chi connectivity index (χ1n) is 6.55. The number of aldehydes is 2. The Bertz CT molecular complexity index is 500. The van der Waals surface area contributed by atoms with Crippen LogP contribution >= 0.6 is 0 Å². The Labute approximate surface area is 122 Å². The minimum absolute atomic E-state index is 0.131. The van der Waals surface area contributed by atoms with E-state index in [2.05, 4.69) is 5.32 Å². The molecule has 1 aromatic rings. The number of hydrogen-bond acceptors (Lipinski definition) is 5. The number of amides is 1. The zero-order valence-corrected chi connectivity index (χ0v) is 11.7. The van der Waals surface area contributed by atoms with Gasteiger partial charge in [-0.15, -0.1) is 0 Å².